The molecule has 3 heterocycles. The molecular weight excluding hydrogens is 542 g/mol. The zero-order valence-corrected chi connectivity index (χ0v) is 24.6. The summed E-state index contributed by atoms with van der Waals surface area (Å²) in [5.41, 5.74) is 7.03. The lowest BCUT2D eigenvalue weighted by Crippen LogP contribution is -2.29. The molecule has 9 heteroatoms. The Bertz CT molecular complexity index is 1600. The maximum Gasteiger partial charge on any atom is 0.226 e. The molecule has 1 saturated heterocycles. The highest BCUT2D eigenvalue weighted by Crippen LogP contribution is 2.44. The van der Waals surface area contributed by atoms with Crippen molar-refractivity contribution in [1.82, 2.24) is 14.9 Å². The summed E-state index contributed by atoms with van der Waals surface area (Å²) in [7, 11) is 0. The number of carbonyl (C=O) groups is 1. The van der Waals surface area contributed by atoms with Gasteiger partial charge in [-0.1, -0.05) is 31.5 Å². The number of aromatic hydroxyl groups is 1. The van der Waals surface area contributed by atoms with Gasteiger partial charge in [-0.15, -0.1) is 0 Å². The average Bonchev–Trinajstić information content (AvgIpc) is 3.41. The molecule has 2 atom stereocenters. The van der Waals surface area contributed by atoms with Crippen LogP contribution in [0.15, 0.2) is 66.9 Å². The fourth-order valence-corrected chi connectivity index (χ4v) is 5.81. The number of pyridine rings is 1. The van der Waals surface area contributed by atoms with Crippen molar-refractivity contribution in [3.05, 3.63) is 100 Å². The molecule has 1 aliphatic rings. The Morgan fingerprint density at radius 1 is 1.10 bits per heavy atom. The van der Waals surface area contributed by atoms with Crippen LogP contribution < -0.4 is 15.5 Å². The molecule has 0 spiro atoms. The molecule has 5 rings (SSSR count). The van der Waals surface area contributed by atoms with Crippen LogP contribution in [-0.2, 0) is 4.79 Å². The van der Waals surface area contributed by atoms with E-state index in [4.69, 9.17) is 23.8 Å². The molecule has 0 unspecified atom stereocenters. The van der Waals surface area contributed by atoms with Gasteiger partial charge in [0, 0.05) is 39.9 Å². The molecule has 0 saturated carbocycles. The number of aryl methyl sites for hydroxylation is 2. The fraction of sp³-hybridized carbons (Fsp3) is 0.258. The normalized spacial score (nSPS) is 16.9. The van der Waals surface area contributed by atoms with Gasteiger partial charge < -0.3 is 25.2 Å². The van der Waals surface area contributed by atoms with Gasteiger partial charge in [0.05, 0.1) is 23.5 Å². The second kappa shape index (κ2) is 10.9. The highest BCUT2D eigenvalue weighted by Gasteiger charge is 2.42. The minimum Gasteiger partial charge on any atom is -0.506 e. The van der Waals surface area contributed by atoms with Crippen LogP contribution in [0.4, 0.5) is 11.4 Å². The minimum atomic E-state index is -0.237. The van der Waals surface area contributed by atoms with E-state index in [-0.39, 0.29) is 29.7 Å². The monoisotopic (exact) mass is 573 g/mol. The van der Waals surface area contributed by atoms with Crippen molar-refractivity contribution >= 4 is 46.2 Å². The Kier molecular flexibility index (Phi) is 7.57. The minimum absolute atomic E-state index is 0.0287. The molecule has 3 N–H and O–H groups in total. The predicted octanol–water partition coefficient (Wildman–Crippen LogP) is 6.93. The van der Waals surface area contributed by atoms with Crippen LogP contribution in [0.5, 0.6) is 5.75 Å². The number of anilines is 2. The van der Waals surface area contributed by atoms with Crippen LogP contribution in [0.1, 0.15) is 54.1 Å². The van der Waals surface area contributed by atoms with Gasteiger partial charge in [-0.3, -0.25) is 9.78 Å². The fourth-order valence-electron chi connectivity index (χ4n) is 5.30. The zero-order valence-electron chi connectivity index (χ0n) is 23.1. The van der Waals surface area contributed by atoms with E-state index in [0.29, 0.717) is 15.8 Å². The van der Waals surface area contributed by atoms with Crippen molar-refractivity contribution in [1.29, 1.82) is 0 Å². The van der Waals surface area contributed by atoms with E-state index in [2.05, 4.69) is 26.6 Å². The Balaban J connectivity index is 1.64. The van der Waals surface area contributed by atoms with E-state index in [0.717, 1.165) is 39.6 Å². The van der Waals surface area contributed by atoms with E-state index >= 15 is 0 Å². The number of phenolic OH excluding ortho intramolecular Hbond substituents is 1. The highest BCUT2D eigenvalue weighted by atomic mass is 35.5. The zero-order chi connectivity index (χ0) is 28.7. The second-order valence-corrected chi connectivity index (χ2v) is 11.3. The van der Waals surface area contributed by atoms with Crippen molar-refractivity contribution in [2.24, 2.45) is 5.92 Å². The highest BCUT2D eigenvalue weighted by molar-refractivity contribution is 7.80. The van der Waals surface area contributed by atoms with Crippen LogP contribution in [-0.4, -0.2) is 25.7 Å². The van der Waals surface area contributed by atoms with E-state index in [1.807, 2.05) is 75.6 Å². The summed E-state index contributed by atoms with van der Waals surface area (Å²) in [4.78, 5) is 19.1. The van der Waals surface area contributed by atoms with Gasteiger partial charge in [0.15, 0.2) is 5.11 Å². The van der Waals surface area contributed by atoms with E-state index in [1.165, 1.54) is 0 Å². The van der Waals surface area contributed by atoms with Crippen LogP contribution in [0.2, 0.25) is 5.02 Å². The Labute approximate surface area is 244 Å². The standard InChI is InChI=1S/C31H32ClN5O2S/c1-17(2)30(39)34-24-11-10-22(14-18(24)3)37-29(28(35-31(37)40)25-8-6-7-13-33-25)23-15-19(4)36(20(23)5)26-16-21(32)9-12-27(26)38/h6-17,28-29,38H,1-5H3,(H,34,39)(H,35,40)/t28-,29+/m0/s1. The molecule has 1 amide bonds. The number of phenols is 1. The number of benzene rings is 2. The van der Waals surface area contributed by atoms with Crippen molar-refractivity contribution in [3.8, 4) is 11.4 Å². The predicted molar refractivity (Wildman–Crippen MR) is 164 cm³/mol. The third-order valence-corrected chi connectivity index (χ3v) is 7.89. The first-order chi connectivity index (χ1) is 19.1. The van der Waals surface area contributed by atoms with Gasteiger partial charge in [-0.2, -0.15) is 0 Å². The summed E-state index contributed by atoms with van der Waals surface area (Å²) in [6, 6.07) is 18.5. The molecule has 1 fully saturated rings. The smallest absolute Gasteiger partial charge is 0.226 e. The lowest BCUT2D eigenvalue weighted by molar-refractivity contribution is -0.118. The summed E-state index contributed by atoms with van der Waals surface area (Å²) in [6.45, 7) is 9.76. The van der Waals surface area contributed by atoms with Crippen molar-refractivity contribution in [2.45, 2.75) is 46.7 Å². The number of hydrogen-bond acceptors (Lipinski definition) is 4. The number of amides is 1. The number of nitrogens with zero attached hydrogens (tertiary/aromatic N) is 3. The Hall–Kier alpha value is -3.88. The third kappa shape index (κ3) is 5.05. The molecule has 0 aliphatic carbocycles. The summed E-state index contributed by atoms with van der Waals surface area (Å²) >= 11 is 12.2. The van der Waals surface area contributed by atoms with Crippen LogP contribution in [0.3, 0.4) is 0 Å². The number of hydrogen-bond donors (Lipinski definition) is 3. The van der Waals surface area contributed by atoms with Gasteiger partial charge >= 0.3 is 0 Å². The lowest BCUT2D eigenvalue weighted by Gasteiger charge is -2.29. The molecular formula is C31H32ClN5O2S. The number of halogens is 1. The Morgan fingerprint density at radius 3 is 2.55 bits per heavy atom. The molecule has 40 heavy (non-hydrogen) atoms. The molecule has 2 aromatic heterocycles. The van der Waals surface area contributed by atoms with Crippen molar-refractivity contribution < 1.29 is 9.90 Å². The third-order valence-electron chi connectivity index (χ3n) is 7.34. The van der Waals surface area contributed by atoms with Crippen molar-refractivity contribution in [3.63, 3.8) is 0 Å². The number of rotatable bonds is 6. The first-order valence-electron chi connectivity index (χ1n) is 13.2. The van der Waals surface area contributed by atoms with Crippen LogP contribution in [0, 0.1) is 26.7 Å². The summed E-state index contributed by atoms with van der Waals surface area (Å²) in [5.74, 6) is -0.00301. The number of carbonyl (C=O) groups excluding carboxylic acids is 1. The maximum atomic E-state index is 12.3. The number of aromatic nitrogens is 2. The quantitative estimate of drug-likeness (QED) is 0.217. The first-order valence-corrected chi connectivity index (χ1v) is 13.9. The van der Waals surface area contributed by atoms with Crippen LogP contribution >= 0.6 is 23.8 Å². The van der Waals surface area contributed by atoms with E-state index in [1.54, 1.807) is 24.4 Å². The van der Waals surface area contributed by atoms with Gasteiger partial charge in [-0.25, -0.2) is 0 Å². The largest absolute Gasteiger partial charge is 0.506 e. The molecule has 4 aromatic rings. The summed E-state index contributed by atoms with van der Waals surface area (Å²) in [6.07, 6.45) is 1.78. The molecule has 0 bridgehead atoms. The van der Waals surface area contributed by atoms with Crippen molar-refractivity contribution in [2.75, 3.05) is 10.2 Å². The SMILES string of the molecule is Cc1cc(N2C(=S)N[C@@H](c3ccccn3)[C@H]2c2cc(C)n(-c3cc(Cl)ccc3O)c2C)ccc1NC(=O)C(C)C. The average molecular weight is 574 g/mol. The molecule has 2 aromatic carbocycles. The van der Waals surface area contributed by atoms with Gasteiger partial charge in [0.1, 0.15) is 5.75 Å². The number of thiocarbonyl (C=S) groups is 1. The lowest BCUT2D eigenvalue weighted by atomic mass is 9.96. The maximum absolute atomic E-state index is 12.3. The van der Waals surface area contributed by atoms with Gasteiger partial charge in [-0.05, 0) is 98.7 Å². The molecule has 206 valence electrons. The topological polar surface area (TPSA) is 82.4 Å². The van der Waals surface area contributed by atoms with E-state index in [9.17, 15) is 9.90 Å². The molecule has 7 nitrogen and oxygen atoms in total. The first kappa shape index (κ1) is 27.7. The molecule has 0 radical (unpaired) electrons. The van der Waals surface area contributed by atoms with Gasteiger partial charge in [0.25, 0.3) is 0 Å². The van der Waals surface area contributed by atoms with Crippen LogP contribution in [0.25, 0.3) is 5.69 Å². The second-order valence-electron chi connectivity index (χ2n) is 10.4. The van der Waals surface area contributed by atoms with E-state index < -0.39 is 0 Å². The van der Waals surface area contributed by atoms with Gasteiger partial charge in [0.2, 0.25) is 5.91 Å². The number of nitrogens with one attached hydrogen (secondary N) is 2. The summed E-state index contributed by atoms with van der Waals surface area (Å²) in [5, 5.41) is 18.3. The molecule has 1 aliphatic heterocycles. The Morgan fingerprint density at radius 2 is 1.88 bits per heavy atom. The summed E-state index contributed by atoms with van der Waals surface area (Å²) < 4.78 is 2.02.